The molecule has 0 heterocycles. The number of ether oxygens (including phenoxy) is 1. The zero-order valence-electron chi connectivity index (χ0n) is 24.9. The lowest BCUT2D eigenvalue weighted by molar-refractivity contribution is -0.145. The molecule has 3 amide bonds. The second-order valence-corrected chi connectivity index (χ2v) is 11.3. The molecular weight excluding hydrogens is 490 g/mol. The molecule has 7 nitrogen and oxygen atoms in total. The number of rotatable bonds is 12. The van der Waals surface area contributed by atoms with Crippen molar-refractivity contribution >= 4 is 17.9 Å². The van der Waals surface area contributed by atoms with E-state index in [-0.39, 0.29) is 30.3 Å². The highest BCUT2D eigenvalue weighted by Gasteiger charge is 2.39. The van der Waals surface area contributed by atoms with E-state index >= 15 is 0 Å². The van der Waals surface area contributed by atoms with Gasteiger partial charge in [0.05, 0.1) is 0 Å². The van der Waals surface area contributed by atoms with Crippen LogP contribution in [0.15, 0.2) is 54.6 Å². The Morgan fingerprint density at radius 3 is 2.10 bits per heavy atom. The van der Waals surface area contributed by atoms with Crippen molar-refractivity contribution in [3.05, 3.63) is 71.3 Å². The van der Waals surface area contributed by atoms with Gasteiger partial charge in [-0.05, 0) is 71.1 Å². The van der Waals surface area contributed by atoms with Gasteiger partial charge in [0.1, 0.15) is 17.7 Å². The fourth-order valence-electron chi connectivity index (χ4n) is 4.61. The van der Waals surface area contributed by atoms with Crippen molar-refractivity contribution in [1.29, 1.82) is 0 Å². The maximum Gasteiger partial charge on any atom is 0.408 e. The third kappa shape index (κ3) is 9.72. The predicted octanol–water partition coefficient (Wildman–Crippen LogP) is 6.10. The number of carbonyl (C=O) groups excluding carboxylic acids is 3. The standard InChI is InChI=1S/C32H47N3O4/c1-9-16-23(4)33-29(36)28(26-20-15-14-17-22(26)3)35(24(5)10-2)30(37)27(21-25-18-12-11-13-19-25)34-31(38)39-32(6,7)8/h11-15,17-20,23-24,27-28H,9-10,16,21H2,1-8H3,(H,33,36)(H,34,38). The summed E-state index contributed by atoms with van der Waals surface area (Å²) in [6.07, 6.45) is 2.00. The average molecular weight is 538 g/mol. The first-order valence-corrected chi connectivity index (χ1v) is 14.1. The number of nitrogens with one attached hydrogen (secondary N) is 2. The van der Waals surface area contributed by atoms with Gasteiger partial charge in [-0.15, -0.1) is 0 Å². The Bertz CT molecular complexity index is 1080. The molecule has 39 heavy (non-hydrogen) atoms. The van der Waals surface area contributed by atoms with Crippen molar-refractivity contribution in [2.45, 2.75) is 111 Å². The molecule has 0 aliphatic heterocycles. The summed E-state index contributed by atoms with van der Waals surface area (Å²) in [6.45, 7) is 15.3. The zero-order valence-corrected chi connectivity index (χ0v) is 24.9. The highest BCUT2D eigenvalue weighted by atomic mass is 16.6. The van der Waals surface area contributed by atoms with Crippen LogP contribution in [0.3, 0.4) is 0 Å². The third-order valence-corrected chi connectivity index (χ3v) is 6.71. The molecule has 0 saturated carbocycles. The molecule has 0 aliphatic carbocycles. The van der Waals surface area contributed by atoms with Crippen LogP contribution in [0, 0.1) is 6.92 Å². The molecule has 0 fully saturated rings. The Kier molecular flexibility index (Phi) is 12.0. The van der Waals surface area contributed by atoms with E-state index in [2.05, 4.69) is 17.6 Å². The van der Waals surface area contributed by atoms with Crippen LogP contribution >= 0.6 is 0 Å². The molecule has 2 aromatic rings. The Labute approximate surface area is 234 Å². The summed E-state index contributed by atoms with van der Waals surface area (Å²) in [6, 6.07) is 15.1. The Morgan fingerprint density at radius 1 is 0.923 bits per heavy atom. The van der Waals surface area contributed by atoms with Crippen molar-refractivity contribution in [2.24, 2.45) is 0 Å². The van der Waals surface area contributed by atoms with Crippen LogP contribution in [0.5, 0.6) is 0 Å². The summed E-state index contributed by atoms with van der Waals surface area (Å²) < 4.78 is 5.51. The molecular formula is C32H47N3O4. The van der Waals surface area contributed by atoms with Gasteiger partial charge >= 0.3 is 6.09 Å². The number of hydrogen-bond donors (Lipinski definition) is 2. The van der Waals surface area contributed by atoms with E-state index in [0.717, 1.165) is 29.5 Å². The van der Waals surface area contributed by atoms with Crippen LogP contribution in [0.2, 0.25) is 0 Å². The molecule has 214 valence electrons. The van der Waals surface area contributed by atoms with Crippen molar-refractivity contribution in [1.82, 2.24) is 15.5 Å². The van der Waals surface area contributed by atoms with Crippen LogP contribution in [0.4, 0.5) is 4.79 Å². The molecule has 4 unspecified atom stereocenters. The van der Waals surface area contributed by atoms with Crippen LogP contribution in [0.25, 0.3) is 0 Å². The SMILES string of the molecule is CCCC(C)NC(=O)C(c1ccccc1C)N(C(=O)C(Cc1ccccc1)NC(=O)OC(C)(C)C)C(C)CC. The number of hydrogen-bond acceptors (Lipinski definition) is 4. The summed E-state index contributed by atoms with van der Waals surface area (Å²) in [7, 11) is 0. The molecule has 4 atom stereocenters. The summed E-state index contributed by atoms with van der Waals surface area (Å²) in [5.74, 6) is -0.555. The highest BCUT2D eigenvalue weighted by molar-refractivity contribution is 5.92. The van der Waals surface area contributed by atoms with E-state index in [4.69, 9.17) is 4.74 Å². The minimum atomic E-state index is -0.927. The van der Waals surface area contributed by atoms with Gasteiger partial charge < -0.3 is 20.3 Å². The monoisotopic (exact) mass is 537 g/mol. The fourth-order valence-corrected chi connectivity index (χ4v) is 4.61. The third-order valence-electron chi connectivity index (χ3n) is 6.71. The second kappa shape index (κ2) is 14.7. The fraction of sp³-hybridized carbons (Fsp3) is 0.531. The van der Waals surface area contributed by atoms with Crippen molar-refractivity contribution < 1.29 is 19.1 Å². The first-order chi connectivity index (χ1) is 18.4. The zero-order chi connectivity index (χ0) is 29.2. The number of carbonyl (C=O) groups is 3. The quantitative estimate of drug-likeness (QED) is 0.342. The number of amides is 3. The topological polar surface area (TPSA) is 87.7 Å². The summed E-state index contributed by atoms with van der Waals surface area (Å²) >= 11 is 0. The molecule has 0 spiro atoms. The average Bonchev–Trinajstić information content (AvgIpc) is 2.86. The van der Waals surface area contributed by atoms with Crippen LogP contribution in [0.1, 0.15) is 90.5 Å². The summed E-state index contributed by atoms with van der Waals surface area (Å²) in [5, 5.41) is 5.95. The Hall–Kier alpha value is -3.35. The lowest BCUT2D eigenvalue weighted by Crippen LogP contribution is -2.56. The van der Waals surface area contributed by atoms with Crippen LogP contribution in [-0.4, -0.2) is 46.5 Å². The van der Waals surface area contributed by atoms with Gasteiger partial charge in [-0.2, -0.15) is 0 Å². The Balaban J connectivity index is 2.59. The minimum Gasteiger partial charge on any atom is -0.444 e. The normalized spacial score (nSPS) is 14.5. The molecule has 0 bridgehead atoms. The highest BCUT2D eigenvalue weighted by Crippen LogP contribution is 2.29. The van der Waals surface area contributed by atoms with Crippen LogP contribution in [-0.2, 0) is 20.7 Å². The number of alkyl carbamates (subject to hydrolysis) is 1. The smallest absolute Gasteiger partial charge is 0.408 e. The molecule has 2 rings (SSSR count). The van der Waals surface area contributed by atoms with Gasteiger partial charge in [-0.1, -0.05) is 74.9 Å². The lowest BCUT2D eigenvalue weighted by atomic mass is 9.95. The molecule has 0 aliphatic rings. The maximum absolute atomic E-state index is 14.5. The predicted molar refractivity (Wildman–Crippen MR) is 156 cm³/mol. The first kappa shape index (κ1) is 31.9. The van der Waals surface area contributed by atoms with Gasteiger partial charge in [-0.25, -0.2) is 4.79 Å². The molecule has 2 N–H and O–H groups in total. The van der Waals surface area contributed by atoms with Crippen molar-refractivity contribution in [3.8, 4) is 0 Å². The van der Waals surface area contributed by atoms with Crippen LogP contribution < -0.4 is 10.6 Å². The van der Waals surface area contributed by atoms with Gasteiger partial charge in [-0.3, -0.25) is 9.59 Å². The summed E-state index contributed by atoms with van der Waals surface area (Å²) in [5.41, 5.74) is 1.86. The largest absolute Gasteiger partial charge is 0.444 e. The molecule has 0 saturated heterocycles. The number of nitrogens with zero attached hydrogens (tertiary/aromatic N) is 1. The van der Waals surface area contributed by atoms with E-state index in [1.807, 2.05) is 82.3 Å². The lowest BCUT2D eigenvalue weighted by Gasteiger charge is -2.39. The Morgan fingerprint density at radius 2 is 1.54 bits per heavy atom. The summed E-state index contributed by atoms with van der Waals surface area (Å²) in [4.78, 5) is 42.9. The van der Waals surface area contributed by atoms with E-state index in [1.54, 1.807) is 25.7 Å². The van der Waals surface area contributed by atoms with Gasteiger partial charge in [0, 0.05) is 18.5 Å². The molecule has 2 aromatic carbocycles. The minimum absolute atomic E-state index is 0.0390. The molecule has 0 aromatic heterocycles. The van der Waals surface area contributed by atoms with Crippen molar-refractivity contribution in [3.63, 3.8) is 0 Å². The number of benzene rings is 2. The van der Waals surface area contributed by atoms with Crippen molar-refractivity contribution in [2.75, 3.05) is 0 Å². The van der Waals surface area contributed by atoms with E-state index in [1.165, 1.54) is 0 Å². The second-order valence-electron chi connectivity index (χ2n) is 11.3. The van der Waals surface area contributed by atoms with Gasteiger partial charge in [0.25, 0.3) is 0 Å². The van der Waals surface area contributed by atoms with E-state index in [0.29, 0.717) is 6.42 Å². The van der Waals surface area contributed by atoms with Gasteiger partial charge in [0.2, 0.25) is 11.8 Å². The molecule has 7 heteroatoms. The maximum atomic E-state index is 14.5. The van der Waals surface area contributed by atoms with E-state index < -0.39 is 23.8 Å². The number of aryl methyl sites for hydroxylation is 1. The van der Waals surface area contributed by atoms with Gasteiger partial charge in [0.15, 0.2) is 0 Å². The molecule has 0 radical (unpaired) electrons. The van der Waals surface area contributed by atoms with E-state index in [9.17, 15) is 14.4 Å². The first-order valence-electron chi connectivity index (χ1n) is 14.1.